The number of halogens is 6. The summed E-state index contributed by atoms with van der Waals surface area (Å²) in [5, 5.41) is 8.72. The average molecular weight is 555 g/mol. The number of amides is 2. The van der Waals surface area contributed by atoms with Gasteiger partial charge in [-0.15, -0.1) is 10.2 Å². The van der Waals surface area contributed by atoms with Crippen molar-refractivity contribution in [3.8, 4) is 0 Å². The third kappa shape index (κ3) is 6.35. The molecule has 1 N–H and O–H groups in total. The van der Waals surface area contributed by atoms with E-state index in [0.717, 1.165) is 9.47 Å². The Morgan fingerprint density at radius 2 is 1.67 bits per heavy atom. The van der Waals surface area contributed by atoms with Crippen molar-refractivity contribution in [2.75, 3.05) is 6.54 Å². The highest BCUT2D eigenvalue weighted by Gasteiger charge is 2.40. The van der Waals surface area contributed by atoms with Crippen molar-refractivity contribution in [2.45, 2.75) is 38.3 Å². The van der Waals surface area contributed by atoms with Gasteiger partial charge in [0.2, 0.25) is 11.7 Å². The molecule has 1 atom stereocenters. The SMILES string of the molecule is O=C(N[C@@H](CC(=O)N1CCn2c(nnc2C(F)(F)F)C1)C(=O)c1cc(F)c(F)cc1F)OCc1ccccc1. The number of aromatic nitrogens is 3. The molecule has 2 aromatic carbocycles. The molecule has 2 heterocycles. The van der Waals surface area contributed by atoms with Gasteiger partial charge in [-0.1, -0.05) is 30.3 Å². The smallest absolute Gasteiger partial charge is 0.445 e. The lowest BCUT2D eigenvalue weighted by Crippen LogP contribution is -2.47. The number of rotatable bonds is 7. The zero-order chi connectivity index (χ0) is 28.3. The Morgan fingerprint density at radius 1 is 0.974 bits per heavy atom. The molecule has 4 rings (SSSR count). The van der Waals surface area contributed by atoms with Crippen molar-refractivity contribution in [2.24, 2.45) is 0 Å². The van der Waals surface area contributed by atoms with Crippen LogP contribution < -0.4 is 5.32 Å². The number of alkyl halides is 3. The van der Waals surface area contributed by atoms with Crippen LogP contribution in [0.4, 0.5) is 31.1 Å². The Morgan fingerprint density at radius 3 is 2.36 bits per heavy atom. The van der Waals surface area contributed by atoms with E-state index < -0.39 is 65.3 Å². The van der Waals surface area contributed by atoms with Gasteiger partial charge in [-0.2, -0.15) is 13.2 Å². The zero-order valence-corrected chi connectivity index (χ0v) is 19.8. The van der Waals surface area contributed by atoms with Crippen molar-refractivity contribution >= 4 is 17.8 Å². The summed E-state index contributed by atoms with van der Waals surface area (Å²) in [7, 11) is 0. The van der Waals surface area contributed by atoms with Gasteiger partial charge in [0.25, 0.3) is 0 Å². The van der Waals surface area contributed by atoms with Crippen molar-refractivity contribution in [3.05, 3.63) is 82.7 Å². The molecule has 0 saturated carbocycles. The third-order valence-electron chi connectivity index (χ3n) is 5.83. The fourth-order valence-electron chi connectivity index (χ4n) is 3.90. The molecule has 0 saturated heterocycles. The van der Waals surface area contributed by atoms with E-state index in [4.69, 9.17) is 4.74 Å². The van der Waals surface area contributed by atoms with Gasteiger partial charge in [0.1, 0.15) is 18.5 Å². The quantitative estimate of drug-likeness (QED) is 0.271. The van der Waals surface area contributed by atoms with Crippen molar-refractivity contribution in [3.63, 3.8) is 0 Å². The number of Topliss-reactive ketones (excluding diaryl/α,β-unsaturated/α-hetero) is 1. The number of hydrogen-bond acceptors (Lipinski definition) is 6. The minimum atomic E-state index is -4.76. The fourth-order valence-corrected chi connectivity index (χ4v) is 3.90. The van der Waals surface area contributed by atoms with E-state index in [-0.39, 0.29) is 38.1 Å². The second-order valence-corrected chi connectivity index (χ2v) is 8.48. The number of hydrogen-bond donors (Lipinski definition) is 1. The van der Waals surface area contributed by atoms with E-state index in [1.165, 1.54) is 0 Å². The second-order valence-electron chi connectivity index (χ2n) is 8.48. The van der Waals surface area contributed by atoms with Crippen LogP contribution in [0, 0.1) is 17.5 Å². The Balaban J connectivity index is 1.51. The maximum Gasteiger partial charge on any atom is 0.451 e. The lowest BCUT2D eigenvalue weighted by molar-refractivity contribution is -0.148. The summed E-state index contributed by atoms with van der Waals surface area (Å²) in [5.74, 6) is -7.98. The maximum atomic E-state index is 14.3. The first-order valence-electron chi connectivity index (χ1n) is 11.4. The van der Waals surface area contributed by atoms with Gasteiger partial charge in [0, 0.05) is 19.2 Å². The lowest BCUT2D eigenvalue weighted by Gasteiger charge is -2.29. The molecule has 206 valence electrons. The minimum Gasteiger partial charge on any atom is -0.445 e. The second kappa shape index (κ2) is 11.1. The number of nitrogens with zero attached hydrogens (tertiary/aromatic N) is 4. The summed E-state index contributed by atoms with van der Waals surface area (Å²) in [6.07, 6.45) is -6.72. The van der Waals surface area contributed by atoms with E-state index in [9.17, 15) is 40.7 Å². The molecule has 2 amide bonds. The normalized spacial score (nSPS) is 13.9. The fraction of sp³-hybridized carbons (Fsp3) is 0.292. The third-order valence-corrected chi connectivity index (χ3v) is 5.83. The summed E-state index contributed by atoms with van der Waals surface area (Å²) in [4.78, 5) is 39.5. The van der Waals surface area contributed by atoms with Crippen LogP contribution in [0.25, 0.3) is 0 Å². The van der Waals surface area contributed by atoms with Crippen molar-refractivity contribution in [1.82, 2.24) is 25.0 Å². The number of benzene rings is 2. The minimum absolute atomic E-state index is 0.144. The summed E-state index contributed by atoms with van der Waals surface area (Å²) < 4.78 is 86.6. The number of nitrogens with one attached hydrogen (secondary N) is 1. The van der Waals surface area contributed by atoms with E-state index in [2.05, 4.69) is 15.5 Å². The Bertz CT molecular complexity index is 1400. The zero-order valence-electron chi connectivity index (χ0n) is 19.8. The number of fused-ring (bicyclic) bond motifs is 1. The molecule has 0 radical (unpaired) electrons. The molecule has 1 aliphatic rings. The number of carbonyl (C=O) groups is 3. The maximum absolute atomic E-state index is 14.3. The highest BCUT2D eigenvalue weighted by atomic mass is 19.4. The molecule has 1 aromatic heterocycles. The van der Waals surface area contributed by atoms with Gasteiger partial charge in [-0.3, -0.25) is 9.59 Å². The van der Waals surface area contributed by atoms with Crippen LogP contribution >= 0.6 is 0 Å². The van der Waals surface area contributed by atoms with E-state index in [0.29, 0.717) is 11.6 Å². The molecule has 9 nitrogen and oxygen atoms in total. The number of ether oxygens (including phenoxy) is 1. The predicted octanol–water partition coefficient (Wildman–Crippen LogP) is 3.62. The van der Waals surface area contributed by atoms with E-state index >= 15 is 0 Å². The van der Waals surface area contributed by atoms with E-state index in [1.54, 1.807) is 30.3 Å². The summed E-state index contributed by atoms with van der Waals surface area (Å²) in [5.41, 5.74) is -0.336. The first-order valence-corrected chi connectivity index (χ1v) is 11.4. The summed E-state index contributed by atoms with van der Waals surface area (Å²) in [6, 6.07) is 7.05. The van der Waals surface area contributed by atoms with Gasteiger partial charge >= 0.3 is 12.3 Å². The van der Waals surface area contributed by atoms with Crippen molar-refractivity contribution in [1.29, 1.82) is 0 Å². The molecule has 15 heteroatoms. The van der Waals surface area contributed by atoms with E-state index in [1.807, 2.05) is 0 Å². The molecule has 0 bridgehead atoms. The van der Waals surface area contributed by atoms with Crippen LogP contribution in [0.3, 0.4) is 0 Å². The van der Waals surface area contributed by atoms with Gasteiger partial charge in [-0.05, 0) is 11.6 Å². The molecular weight excluding hydrogens is 536 g/mol. The highest BCUT2D eigenvalue weighted by molar-refractivity contribution is 6.03. The molecular formula is C24H19F6N5O4. The lowest BCUT2D eigenvalue weighted by atomic mass is 10.00. The molecule has 0 spiro atoms. The van der Waals surface area contributed by atoms with Crippen LogP contribution in [-0.4, -0.2) is 50.0 Å². The number of alkyl carbamates (subject to hydrolysis) is 1. The largest absolute Gasteiger partial charge is 0.451 e. The molecule has 0 unspecified atom stereocenters. The first-order chi connectivity index (χ1) is 18.4. The van der Waals surface area contributed by atoms with Crippen LogP contribution in [0.1, 0.15) is 34.0 Å². The molecule has 3 aromatic rings. The summed E-state index contributed by atoms with van der Waals surface area (Å²) >= 11 is 0. The molecule has 0 fully saturated rings. The number of ketones is 1. The van der Waals surface area contributed by atoms with Gasteiger partial charge in [0.05, 0.1) is 18.5 Å². The molecule has 0 aliphatic carbocycles. The molecule has 39 heavy (non-hydrogen) atoms. The van der Waals surface area contributed by atoms with Crippen LogP contribution in [0.15, 0.2) is 42.5 Å². The van der Waals surface area contributed by atoms with Gasteiger partial charge in [-0.25, -0.2) is 18.0 Å². The molecule has 1 aliphatic heterocycles. The van der Waals surface area contributed by atoms with Crippen LogP contribution in [0.5, 0.6) is 0 Å². The first kappa shape index (κ1) is 27.6. The van der Waals surface area contributed by atoms with Gasteiger partial charge in [0.15, 0.2) is 23.2 Å². The Kier molecular flexibility index (Phi) is 7.88. The van der Waals surface area contributed by atoms with Gasteiger partial charge < -0.3 is 19.5 Å². The Labute approximate surface area is 216 Å². The average Bonchev–Trinajstić information content (AvgIpc) is 3.33. The monoisotopic (exact) mass is 555 g/mol. The van der Waals surface area contributed by atoms with Crippen LogP contribution in [-0.2, 0) is 35.4 Å². The Hall–Kier alpha value is -4.43. The summed E-state index contributed by atoms with van der Waals surface area (Å²) in [6.45, 7) is -1.12. The van der Waals surface area contributed by atoms with Crippen LogP contribution in [0.2, 0.25) is 0 Å². The predicted molar refractivity (Wildman–Crippen MR) is 119 cm³/mol. The highest BCUT2D eigenvalue weighted by Crippen LogP contribution is 2.29. The van der Waals surface area contributed by atoms with Crippen molar-refractivity contribution < 1.29 is 45.5 Å². The number of carbonyl (C=O) groups excluding carboxylic acids is 3. The standard InChI is InChI=1S/C24H19F6N5O4/c25-15-9-17(27)16(26)8-14(15)21(37)18(31-23(38)39-12-13-4-2-1-3-5-13)10-20(36)34-6-7-35-19(11-34)32-33-22(35)24(28,29)30/h1-5,8-9,18H,6-7,10-12H2,(H,31,38)/t18-/m0/s1. The topological polar surface area (TPSA) is 106 Å².